The molecule has 2 bridgehead atoms. The van der Waals surface area contributed by atoms with Crippen molar-refractivity contribution in [2.24, 2.45) is 29.6 Å². The number of carbonyl (C=O) groups is 4. The number of ketones is 2. The number of Topliss-reactive ketones (excluding diaryl/α,β-unsaturated/α-hetero) is 2. The van der Waals surface area contributed by atoms with Crippen molar-refractivity contribution in [3.05, 3.63) is 36.0 Å². The maximum atomic E-state index is 14.5. The summed E-state index contributed by atoms with van der Waals surface area (Å²) < 4.78 is 30.0. The molecule has 14 atom stereocenters. The second kappa shape index (κ2) is 21.7. The van der Waals surface area contributed by atoms with Crippen LogP contribution in [0.5, 0.6) is 0 Å². The Hall–Kier alpha value is -2.78. The van der Waals surface area contributed by atoms with Crippen LogP contribution in [0.25, 0.3) is 0 Å². The highest BCUT2D eigenvalue weighted by atomic mass is 16.7. The van der Waals surface area contributed by atoms with Gasteiger partial charge in [0.2, 0.25) is 5.79 Å². The molecule has 0 aromatic heterocycles. The Morgan fingerprint density at radius 1 is 0.966 bits per heavy atom. The van der Waals surface area contributed by atoms with Crippen molar-refractivity contribution in [2.75, 3.05) is 27.4 Å². The van der Waals surface area contributed by atoms with E-state index in [9.17, 15) is 34.5 Å². The van der Waals surface area contributed by atoms with Gasteiger partial charge in [0, 0.05) is 45.4 Å². The zero-order valence-corrected chi connectivity index (χ0v) is 36.1. The minimum Gasteiger partial charge on any atom is -0.456 e. The minimum absolute atomic E-state index is 0.0389. The van der Waals surface area contributed by atoms with Crippen LogP contribution in [0.15, 0.2) is 36.0 Å². The number of aliphatic hydroxyl groups excluding tert-OH is 2. The van der Waals surface area contributed by atoms with Crippen LogP contribution in [0.4, 0.5) is 0 Å². The summed E-state index contributed by atoms with van der Waals surface area (Å²) in [4.78, 5) is 57.7. The zero-order valence-electron chi connectivity index (χ0n) is 36.1. The monoisotopic (exact) mass is 817 g/mol. The molecule has 1 aliphatic carbocycles. The number of allylic oxidation sites excluding steroid dienone is 3. The number of methoxy groups -OCH3 is 2. The highest BCUT2D eigenvalue weighted by Gasteiger charge is 2.57. The summed E-state index contributed by atoms with van der Waals surface area (Å²) in [7, 11) is 3.06. The van der Waals surface area contributed by atoms with Crippen LogP contribution in [-0.2, 0) is 42.9 Å². The maximum absolute atomic E-state index is 14.5. The molecule has 4 rings (SSSR count). The first-order valence-corrected chi connectivity index (χ1v) is 21.4. The van der Waals surface area contributed by atoms with Crippen molar-refractivity contribution < 1.29 is 58.2 Å². The van der Waals surface area contributed by atoms with Crippen LogP contribution in [-0.4, -0.2) is 126 Å². The smallest absolute Gasteiger partial charge is 0.329 e. The van der Waals surface area contributed by atoms with Crippen molar-refractivity contribution in [2.45, 2.75) is 167 Å². The lowest BCUT2D eigenvalue weighted by atomic mass is 9.81. The van der Waals surface area contributed by atoms with Crippen molar-refractivity contribution in [1.29, 1.82) is 0 Å². The predicted octanol–water partition coefficient (Wildman–Crippen LogP) is 5.03. The molecule has 2 saturated heterocycles. The molecule has 13 nitrogen and oxygen atoms in total. The minimum atomic E-state index is -2.51. The standard InChI is InChI=1S/C45H71NO12/c1-10-18-56-37-15-13-32(24-36(37)49)21-28(5)40-30(7)35(48)25-33(47)14-12-26(3)19-27(4)20-38(54-8)41-39(55-9)22-29(6)45(53,58-41)42(50)43(51)46-17-16-31(11-2)23-34(46)44(52)57-40/h10,12,21,27,29-32,34-41,48-49,53H,1,11,13-20,22-25H2,2-9H3/b26-12+,28-21?. The first-order chi connectivity index (χ1) is 27.5. The van der Waals surface area contributed by atoms with E-state index in [1.54, 1.807) is 26.8 Å². The largest absolute Gasteiger partial charge is 0.456 e. The van der Waals surface area contributed by atoms with Crippen LogP contribution in [0.1, 0.15) is 112 Å². The highest BCUT2D eigenvalue weighted by Crippen LogP contribution is 2.39. The van der Waals surface area contributed by atoms with E-state index in [4.69, 9.17) is 23.7 Å². The number of aliphatic hydroxyl groups is 3. The van der Waals surface area contributed by atoms with Crippen molar-refractivity contribution in [3.8, 4) is 0 Å². The molecule has 58 heavy (non-hydrogen) atoms. The molecule has 13 heteroatoms. The first-order valence-electron chi connectivity index (χ1n) is 21.4. The van der Waals surface area contributed by atoms with Crippen LogP contribution in [0.2, 0.25) is 0 Å². The molecule has 1 saturated carbocycles. The molecule has 1 amide bonds. The number of piperidine rings is 1. The topological polar surface area (TPSA) is 178 Å². The van der Waals surface area contributed by atoms with E-state index in [0.717, 1.165) is 12.0 Å². The summed E-state index contributed by atoms with van der Waals surface area (Å²) in [6.45, 7) is 15.3. The third-order valence-electron chi connectivity index (χ3n) is 13.2. The molecule has 3 heterocycles. The number of hydrogen-bond donors (Lipinski definition) is 3. The molecule has 328 valence electrons. The number of esters is 1. The zero-order chi connectivity index (χ0) is 42.9. The number of amides is 1. The molecule has 0 radical (unpaired) electrons. The lowest BCUT2D eigenvalue weighted by molar-refractivity contribution is -0.302. The third kappa shape index (κ3) is 11.7. The van der Waals surface area contributed by atoms with Crippen LogP contribution in [0.3, 0.4) is 0 Å². The van der Waals surface area contributed by atoms with E-state index in [1.165, 1.54) is 19.1 Å². The van der Waals surface area contributed by atoms with Crippen LogP contribution < -0.4 is 0 Å². The third-order valence-corrected chi connectivity index (χ3v) is 13.2. The molecule has 0 spiro atoms. The number of ether oxygens (including phenoxy) is 5. The number of cyclic esters (lactones) is 1. The van der Waals surface area contributed by atoms with Gasteiger partial charge in [0.15, 0.2) is 0 Å². The predicted molar refractivity (Wildman–Crippen MR) is 217 cm³/mol. The van der Waals surface area contributed by atoms with Gasteiger partial charge in [-0.2, -0.15) is 0 Å². The first kappa shape index (κ1) is 47.9. The summed E-state index contributed by atoms with van der Waals surface area (Å²) in [5.41, 5.74) is 1.61. The summed E-state index contributed by atoms with van der Waals surface area (Å²) >= 11 is 0. The van der Waals surface area contributed by atoms with Gasteiger partial charge < -0.3 is 43.9 Å². The molecule has 0 aromatic carbocycles. The fourth-order valence-electron chi connectivity index (χ4n) is 9.47. The normalized spacial score (nSPS) is 40.5. The molecule has 3 aliphatic heterocycles. The van der Waals surface area contributed by atoms with Gasteiger partial charge in [0.1, 0.15) is 24.0 Å². The molecule has 14 unspecified atom stereocenters. The lowest BCUT2D eigenvalue weighted by Crippen LogP contribution is -2.64. The molecule has 0 aromatic rings. The Morgan fingerprint density at radius 3 is 2.29 bits per heavy atom. The highest BCUT2D eigenvalue weighted by molar-refractivity contribution is 6.39. The Balaban J connectivity index is 1.74. The van der Waals surface area contributed by atoms with Crippen molar-refractivity contribution in [3.63, 3.8) is 0 Å². The van der Waals surface area contributed by atoms with Gasteiger partial charge >= 0.3 is 5.97 Å². The van der Waals surface area contributed by atoms with Crippen molar-refractivity contribution in [1.82, 2.24) is 4.90 Å². The van der Waals surface area contributed by atoms with E-state index in [2.05, 4.69) is 6.58 Å². The molecule has 3 N–H and O–H groups in total. The summed E-state index contributed by atoms with van der Waals surface area (Å²) in [5.74, 6) is -7.17. The van der Waals surface area contributed by atoms with Crippen LogP contribution in [0, 0.1) is 29.6 Å². The lowest BCUT2D eigenvalue weighted by Gasteiger charge is -2.47. The SMILES string of the molecule is C=CCOC1CCC(C=C(C)C2OC(=O)C3CC(CC)CCN3C(=O)C(=O)C3(O)OC(C(OC)CC(C)C/C(C)=C/CC(=O)CC(O)C2C)C(OC)CC3C)CC1O. The van der Waals surface area contributed by atoms with Gasteiger partial charge in [-0.25, -0.2) is 4.79 Å². The molecular formula is C45H71NO12. The maximum Gasteiger partial charge on any atom is 0.329 e. The fraction of sp³-hybridized carbons (Fsp3) is 0.778. The Morgan fingerprint density at radius 2 is 1.66 bits per heavy atom. The number of nitrogens with zero attached hydrogens (tertiary/aromatic N) is 1. The van der Waals surface area contributed by atoms with Crippen molar-refractivity contribution >= 4 is 23.4 Å². The van der Waals surface area contributed by atoms with E-state index in [-0.39, 0.29) is 61.9 Å². The fourth-order valence-corrected chi connectivity index (χ4v) is 9.47. The number of hydrogen-bond acceptors (Lipinski definition) is 12. The van der Waals surface area contributed by atoms with E-state index in [1.807, 2.05) is 32.9 Å². The quantitative estimate of drug-likeness (QED) is 0.169. The Labute approximate surface area is 345 Å². The second-order valence-corrected chi connectivity index (χ2v) is 17.6. The number of rotatable bonds is 8. The Bertz CT molecular complexity index is 1500. The second-order valence-electron chi connectivity index (χ2n) is 17.6. The Kier molecular flexibility index (Phi) is 17.9. The van der Waals surface area contributed by atoms with Gasteiger partial charge in [-0.05, 0) is 88.5 Å². The molecule has 4 aliphatic rings. The van der Waals surface area contributed by atoms with Gasteiger partial charge in [0.25, 0.3) is 11.7 Å². The van der Waals surface area contributed by atoms with Gasteiger partial charge in [-0.15, -0.1) is 6.58 Å². The average Bonchev–Trinajstić information content (AvgIpc) is 3.20. The number of fused-ring (bicyclic) bond motifs is 3. The van der Waals surface area contributed by atoms with Gasteiger partial charge in [0.05, 0.1) is 37.1 Å². The molecular weight excluding hydrogens is 746 g/mol. The van der Waals surface area contributed by atoms with Crippen LogP contribution >= 0.6 is 0 Å². The summed E-state index contributed by atoms with van der Waals surface area (Å²) in [6, 6.07) is -1.16. The number of carbonyl (C=O) groups excluding carboxylic acids is 4. The van der Waals surface area contributed by atoms with E-state index >= 15 is 0 Å². The summed E-state index contributed by atoms with van der Waals surface area (Å²) in [6.07, 6.45) is 4.77. The summed E-state index contributed by atoms with van der Waals surface area (Å²) in [5, 5.41) is 34.5. The average molecular weight is 818 g/mol. The van der Waals surface area contributed by atoms with E-state index < -0.39 is 77.9 Å². The molecule has 3 fully saturated rings. The van der Waals surface area contributed by atoms with Gasteiger partial charge in [-0.3, -0.25) is 14.4 Å². The van der Waals surface area contributed by atoms with Gasteiger partial charge in [-0.1, -0.05) is 57.9 Å². The van der Waals surface area contributed by atoms with E-state index in [0.29, 0.717) is 50.7 Å².